The standard InChI is InChI=1S/C24H22N6/c1-15-16(2)26-22-21(25-15)29(19-11-7-5-8-12-19)23-24(28-18(4)17(3)27-23)30(22)20-13-9-6-10-14-20/h5-14H,1-4H3. The molecule has 2 aromatic carbocycles. The predicted molar refractivity (Wildman–Crippen MR) is 119 cm³/mol. The normalized spacial score (nSPS) is 12.5. The third-order valence-corrected chi connectivity index (χ3v) is 5.42. The fraction of sp³-hybridized carbons (Fsp3) is 0.167. The first kappa shape index (κ1) is 18.2. The largest absolute Gasteiger partial charge is 0.273 e. The van der Waals surface area contributed by atoms with Crippen molar-refractivity contribution < 1.29 is 0 Å². The van der Waals surface area contributed by atoms with Gasteiger partial charge < -0.3 is 0 Å². The van der Waals surface area contributed by atoms with E-state index in [9.17, 15) is 0 Å². The minimum absolute atomic E-state index is 0.748. The van der Waals surface area contributed by atoms with Gasteiger partial charge in [0.1, 0.15) is 0 Å². The number of hydrogen-bond acceptors (Lipinski definition) is 6. The molecule has 0 bridgehead atoms. The van der Waals surface area contributed by atoms with Crippen LogP contribution in [0.1, 0.15) is 22.8 Å². The van der Waals surface area contributed by atoms with Crippen LogP contribution in [0.2, 0.25) is 0 Å². The number of hydrogen-bond donors (Lipinski definition) is 0. The predicted octanol–water partition coefficient (Wildman–Crippen LogP) is 5.75. The minimum atomic E-state index is 0.748. The van der Waals surface area contributed by atoms with Crippen LogP contribution in [-0.4, -0.2) is 19.9 Å². The number of para-hydroxylation sites is 2. The molecule has 0 N–H and O–H groups in total. The van der Waals surface area contributed by atoms with E-state index in [0.717, 1.165) is 57.4 Å². The second-order valence-electron chi connectivity index (χ2n) is 7.43. The maximum absolute atomic E-state index is 4.95. The summed E-state index contributed by atoms with van der Waals surface area (Å²) in [5.41, 5.74) is 5.52. The lowest BCUT2D eigenvalue weighted by Gasteiger charge is -2.37. The Balaban J connectivity index is 1.88. The summed E-state index contributed by atoms with van der Waals surface area (Å²) >= 11 is 0. The number of rotatable bonds is 2. The number of fused-ring (bicyclic) bond motifs is 2. The van der Waals surface area contributed by atoms with Crippen molar-refractivity contribution in [3.63, 3.8) is 0 Å². The summed E-state index contributed by atoms with van der Waals surface area (Å²) in [6.07, 6.45) is 0. The number of aromatic nitrogens is 4. The van der Waals surface area contributed by atoms with Crippen LogP contribution in [-0.2, 0) is 0 Å². The first-order chi connectivity index (χ1) is 14.5. The van der Waals surface area contributed by atoms with Crippen molar-refractivity contribution in [3.05, 3.63) is 83.4 Å². The van der Waals surface area contributed by atoms with Crippen molar-refractivity contribution in [1.82, 2.24) is 19.9 Å². The smallest absolute Gasteiger partial charge is 0.183 e. The molecule has 6 nitrogen and oxygen atoms in total. The fourth-order valence-corrected chi connectivity index (χ4v) is 3.60. The zero-order chi connectivity index (χ0) is 20.8. The van der Waals surface area contributed by atoms with Gasteiger partial charge in [0.25, 0.3) is 0 Å². The summed E-state index contributed by atoms with van der Waals surface area (Å²) in [6, 6.07) is 20.3. The average molecular weight is 394 g/mol. The SMILES string of the molecule is Cc1nc2c(nc1C)N(c1ccccc1)c1nc(C)c(C)nc1N2c1ccccc1. The zero-order valence-electron chi connectivity index (χ0n) is 17.5. The first-order valence-electron chi connectivity index (χ1n) is 9.95. The summed E-state index contributed by atoms with van der Waals surface area (Å²) in [5, 5.41) is 0. The summed E-state index contributed by atoms with van der Waals surface area (Å²) in [7, 11) is 0. The summed E-state index contributed by atoms with van der Waals surface area (Å²) in [5.74, 6) is 2.99. The molecule has 0 fully saturated rings. The number of benzene rings is 2. The molecule has 6 heteroatoms. The van der Waals surface area contributed by atoms with Gasteiger partial charge in [-0.25, -0.2) is 19.9 Å². The van der Waals surface area contributed by atoms with Gasteiger partial charge in [0, 0.05) is 11.4 Å². The van der Waals surface area contributed by atoms with Crippen molar-refractivity contribution >= 4 is 34.6 Å². The van der Waals surface area contributed by atoms with Crippen molar-refractivity contribution in [2.75, 3.05) is 9.80 Å². The molecule has 3 heterocycles. The third-order valence-electron chi connectivity index (χ3n) is 5.42. The van der Waals surface area contributed by atoms with E-state index >= 15 is 0 Å². The monoisotopic (exact) mass is 394 g/mol. The van der Waals surface area contributed by atoms with Gasteiger partial charge in [-0.05, 0) is 52.0 Å². The Bertz CT molecular complexity index is 1080. The van der Waals surface area contributed by atoms with Gasteiger partial charge in [0.15, 0.2) is 23.3 Å². The lowest BCUT2D eigenvalue weighted by atomic mass is 10.2. The summed E-state index contributed by atoms with van der Waals surface area (Å²) in [6.45, 7) is 7.95. The molecule has 4 aromatic rings. The van der Waals surface area contributed by atoms with E-state index in [2.05, 4.69) is 34.1 Å². The van der Waals surface area contributed by atoms with Crippen LogP contribution in [0.5, 0.6) is 0 Å². The number of nitrogens with zero attached hydrogens (tertiary/aromatic N) is 6. The molecule has 2 aromatic heterocycles. The second kappa shape index (κ2) is 6.91. The minimum Gasteiger partial charge on any atom is -0.273 e. The third kappa shape index (κ3) is 2.80. The molecule has 148 valence electrons. The molecular weight excluding hydrogens is 372 g/mol. The van der Waals surface area contributed by atoms with Gasteiger partial charge in [0.05, 0.1) is 22.8 Å². The van der Waals surface area contributed by atoms with Crippen LogP contribution in [0.15, 0.2) is 60.7 Å². The summed E-state index contributed by atoms with van der Waals surface area (Å²) < 4.78 is 0. The van der Waals surface area contributed by atoms with Crippen LogP contribution in [0.3, 0.4) is 0 Å². The molecule has 1 aliphatic rings. The van der Waals surface area contributed by atoms with Crippen LogP contribution in [0.25, 0.3) is 0 Å². The Morgan fingerprint density at radius 3 is 0.967 bits per heavy atom. The van der Waals surface area contributed by atoms with E-state index in [1.165, 1.54) is 0 Å². The lowest BCUT2D eigenvalue weighted by molar-refractivity contribution is 0.928. The van der Waals surface area contributed by atoms with Crippen molar-refractivity contribution in [1.29, 1.82) is 0 Å². The van der Waals surface area contributed by atoms with Gasteiger partial charge >= 0.3 is 0 Å². The van der Waals surface area contributed by atoms with E-state index < -0.39 is 0 Å². The van der Waals surface area contributed by atoms with Gasteiger partial charge in [-0.2, -0.15) is 0 Å². The van der Waals surface area contributed by atoms with E-state index in [0.29, 0.717) is 0 Å². The maximum atomic E-state index is 4.95. The Morgan fingerprint density at radius 2 is 0.700 bits per heavy atom. The van der Waals surface area contributed by atoms with Gasteiger partial charge in [-0.3, -0.25) is 9.80 Å². The highest BCUT2D eigenvalue weighted by Gasteiger charge is 2.36. The highest BCUT2D eigenvalue weighted by Crippen LogP contribution is 2.51. The van der Waals surface area contributed by atoms with E-state index in [1.54, 1.807) is 0 Å². The molecule has 0 spiro atoms. The van der Waals surface area contributed by atoms with Crippen LogP contribution < -0.4 is 9.80 Å². The molecule has 1 aliphatic heterocycles. The molecule has 0 atom stereocenters. The Labute approximate surface area is 175 Å². The van der Waals surface area contributed by atoms with E-state index in [-0.39, 0.29) is 0 Å². The van der Waals surface area contributed by atoms with Crippen molar-refractivity contribution in [2.24, 2.45) is 0 Å². The quantitative estimate of drug-likeness (QED) is 0.380. The molecule has 0 unspecified atom stereocenters. The van der Waals surface area contributed by atoms with Gasteiger partial charge in [-0.1, -0.05) is 36.4 Å². The zero-order valence-corrected chi connectivity index (χ0v) is 17.5. The molecule has 0 saturated heterocycles. The Hall–Kier alpha value is -3.80. The number of anilines is 6. The molecule has 0 aliphatic carbocycles. The molecule has 0 radical (unpaired) electrons. The van der Waals surface area contributed by atoms with Crippen LogP contribution in [0.4, 0.5) is 34.6 Å². The topological polar surface area (TPSA) is 58.0 Å². The maximum Gasteiger partial charge on any atom is 0.183 e. The molecule has 0 amide bonds. The van der Waals surface area contributed by atoms with Crippen molar-refractivity contribution in [2.45, 2.75) is 27.7 Å². The fourth-order valence-electron chi connectivity index (χ4n) is 3.60. The van der Waals surface area contributed by atoms with Gasteiger partial charge in [-0.15, -0.1) is 0 Å². The average Bonchev–Trinajstić information content (AvgIpc) is 2.76. The van der Waals surface area contributed by atoms with E-state index in [4.69, 9.17) is 19.9 Å². The second-order valence-corrected chi connectivity index (χ2v) is 7.43. The van der Waals surface area contributed by atoms with E-state index in [1.807, 2.05) is 64.1 Å². The summed E-state index contributed by atoms with van der Waals surface area (Å²) in [4.78, 5) is 23.9. The lowest BCUT2D eigenvalue weighted by Crippen LogP contribution is -2.29. The van der Waals surface area contributed by atoms with Crippen LogP contribution in [0, 0.1) is 27.7 Å². The molecule has 30 heavy (non-hydrogen) atoms. The Morgan fingerprint density at radius 1 is 0.433 bits per heavy atom. The van der Waals surface area contributed by atoms with Crippen molar-refractivity contribution in [3.8, 4) is 0 Å². The van der Waals surface area contributed by atoms with Crippen LogP contribution >= 0.6 is 0 Å². The highest BCUT2D eigenvalue weighted by molar-refractivity contribution is 5.95. The number of aryl methyl sites for hydroxylation is 4. The molecular formula is C24H22N6. The first-order valence-corrected chi connectivity index (χ1v) is 9.95. The molecule has 5 rings (SSSR count). The highest BCUT2D eigenvalue weighted by atomic mass is 15.4. The van der Waals surface area contributed by atoms with Gasteiger partial charge in [0.2, 0.25) is 0 Å². The molecule has 0 saturated carbocycles. The Kier molecular flexibility index (Phi) is 4.20.